The van der Waals surface area contributed by atoms with Crippen LogP contribution < -0.4 is 4.74 Å². The number of ether oxygens (including phenoxy) is 1. The lowest BCUT2D eigenvalue weighted by molar-refractivity contribution is 0.415. The monoisotopic (exact) mass is 349 g/mol. The van der Waals surface area contributed by atoms with Crippen molar-refractivity contribution in [1.82, 2.24) is 19.9 Å². The van der Waals surface area contributed by atoms with Crippen molar-refractivity contribution in [2.24, 2.45) is 5.10 Å². The lowest BCUT2D eigenvalue weighted by Crippen LogP contribution is -1.95. The smallest absolute Gasteiger partial charge is 0.216 e. The number of H-pyrrole nitrogens is 2. The van der Waals surface area contributed by atoms with Gasteiger partial charge in [0.1, 0.15) is 5.75 Å². The number of benzene rings is 2. The topological polar surface area (TPSA) is 71.0 Å². The largest absolute Gasteiger partial charge is 0.497 e. The third kappa shape index (κ3) is 2.85. The number of fused-ring (bicyclic) bond motifs is 1. The molecule has 25 heavy (non-hydrogen) atoms. The first-order valence-electron chi connectivity index (χ1n) is 7.68. The van der Waals surface area contributed by atoms with Crippen molar-refractivity contribution in [1.29, 1.82) is 0 Å². The van der Waals surface area contributed by atoms with Crippen molar-refractivity contribution in [3.63, 3.8) is 0 Å². The molecule has 7 heteroatoms. The van der Waals surface area contributed by atoms with Crippen LogP contribution in [0.25, 0.3) is 22.3 Å². The van der Waals surface area contributed by atoms with E-state index in [1.165, 1.54) is 0 Å². The third-order valence-corrected chi connectivity index (χ3v) is 4.16. The molecular weight excluding hydrogens is 334 g/mol. The minimum atomic E-state index is 0.430. The maximum atomic E-state index is 5.33. The predicted molar refractivity (Wildman–Crippen MR) is 101 cm³/mol. The molecular formula is C18H15N5OS. The highest BCUT2D eigenvalue weighted by molar-refractivity contribution is 7.71. The van der Waals surface area contributed by atoms with Crippen molar-refractivity contribution in [3.8, 4) is 17.1 Å². The Balaban J connectivity index is 1.78. The van der Waals surface area contributed by atoms with Gasteiger partial charge in [-0.2, -0.15) is 14.9 Å². The van der Waals surface area contributed by atoms with Crippen LogP contribution in [-0.4, -0.2) is 33.2 Å². The van der Waals surface area contributed by atoms with Gasteiger partial charge in [0.2, 0.25) is 4.77 Å². The number of hydrogen-bond donors (Lipinski definition) is 2. The molecule has 0 radical (unpaired) electrons. The second-order valence-electron chi connectivity index (χ2n) is 5.43. The van der Waals surface area contributed by atoms with E-state index < -0.39 is 0 Å². The van der Waals surface area contributed by atoms with Gasteiger partial charge in [-0.15, -0.1) is 0 Å². The van der Waals surface area contributed by atoms with E-state index in [-0.39, 0.29) is 0 Å². The summed E-state index contributed by atoms with van der Waals surface area (Å²) < 4.78 is 7.28. The van der Waals surface area contributed by atoms with Gasteiger partial charge in [-0.1, -0.05) is 30.3 Å². The first-order chi connectivity index (χ1) is 12.3. The fraction of sp³-hybridized carbons (Fsp3) is 0.0556. The summed E-state index contributed by atoms with van der Waals surface area (Å²) in [5.41, 5.74) is 2.88. The quantitative estimate of drug-likeness (QED) is 0.432. The molecule has 0 saturated heterocycles. The summed E-state index contributed by atoms with van der Waals surface area (Å²) in [5.74, 6) is 1.43. The van der Waals surface area contributed by atoms with E-state index in [0.717, 1.165) is 27.8 Å². The summed E-state index contributed by atoms with van der Waals surface area (Å²) in [6.45, 7) is 0. The van der Waals surface area contributed by atoms with Gasteiger partial charge in [-0.05, 0) is 36.0 Å². The fourth-order valence-electron chi connectivity index (χ4n) is 2.68. The van der Waals surface area contributed by atoms with E-state index in [4.69, 9.17) is 17.0 Å². The summed E-state index contributed by atoms with van der Waals surface area (Å²) in [6, 6.07) is 15.7. The predicted octanol–water partition coefficient (Wildman–Crippen LogP) is 3.98. The first kappa shape index (κ1) is 15.3. The maximum Gasteiger partial charge on any atom is 0.216 e. The molecule has 2 N–H and O–H groups in total. The van der Waals surface area contributed by atoms with Crippen LogP contribution in [0.3, 0.4) is 0 Å². The number of hydrogen-bond acceptors (Lipinski definition) is 4. The van der Waals surface area contributed by atoms with Crippen LogP contribution in [0.4, 0.5) is 0 Å². The molecule has 2 aromatic heterocycles. The van der Waals surface area contributed by atoms with Gasteiger partial charge >= 0.3 is 0 Å². The number of nitrogens with zero attached hydrogens (tertiary/aromatic N) is 3. The van der Waals surface area contributed by atoms with Crippen LogP contribution in [0.5, 0.6) is 5.75 Å². The van der Waals surface area contributed by atoms with E-state index in [2.05, 4.69) is 20.3 Å². The highest BCUT2D eigenvalue weighted by Crippen LogP contribution is 2.27. The molecule has 0 atom stereocenters. The van der Waals surface area contributed by atoms with Crippen LogP contribution in [0.15, 0.2) is 59.8 Å². The first-order valence-corrected chi connectivity index (χ1v) is 8.09. The zero-order valence-electron chi connectivity index (χ0n) is 13.4. The van der Waals surface area contributed by atoms with Crippen LogP contribution in [0, 0.1) is 4.77 Å². The Hall–Kier alpha value is -3.19. The van der Waals surface area contributed by atoms with Gasteiger partial charge in [0.15, 0.2) is 5.82 Å². The van der Waals surface area contributed by atoms with Crippen molar-refractivity contribution >= 4 is 29.3 Å². The Morgan fingerprint density at radius 3 is 2.96 bits per heavy atom. The fourth-order valence-corrected chi connectivity index (χ4v) is 2.86. The molecule has 0 aliphatic heterocycles. The second kappa shape index (κ2) is 6.37. The van der Waals surface area contributed by atoms with Gasteiger partial charge < -0.3 is 9.72 Å². The lowest BCUT2D eigenvalue weighted by atomic mass is 10.2. The van der Waals surface area contributed by atoms with Crippen molar-refractivity contribution < 1.29 is 4.74 Å². The number of nitrogens with one attached hydrogen (secondary N) is 2. The average molecular weight is 349 g/mol. The molecule has 0 aliphatic rings. The summed E-state index contributed by atoms with van der Waals surface area (Å²) in [7, 11) is 1.64. The van der Waals surface area contributed by atoms with E-state index in [9.17, 15) is 0 Å². The summed E-state index contributed by atoms with van der Waals surface area (Å²) >= 11 is 5.33. The minimum Gasteiger partial charge on any atom is -0.497 e. The Kier molecular flexibility index (Phi) is 3.91. The molecule has 4 rings (SSSR count). The van der Waals surface area contributed by atoms with Crippen molar-refractivity contribution in [3.05, 3.63) is 65.1 Å². The number of aromatic amines is 2. The highest BCUT2D eigenvalue weighted by Gasteiger charge is 2.12. The van der Waals surface area contributed by atoms with Crippen LogP contribution in [0.2, 0.25) is 0 Å². The van der Waals surface area contributed by atoms with Crippen LogP contribution in [-0.2, 0) is 0 Å². The van der Waals surface area contributed by atoms with Gasteiger partial charge in [-0.3, -0.25) is 0 Å². The number of methoxy groups -OCH3 is 1. The molecule has 2 aromatic carbocycles. The van der Waals surface area contributed by atoms with E-state index in [1.54, 1.807) is 18.0 Å². The SMILES string of the molecule is COc1cccc(/C=N/n2c(-c3c[nH]c4ccccc34)n[nH]c2=S)c1. The Labute approximate surface area is 148 Å². The van der Waals surface area contributed by atoms with Gasteiger partial charge in [0.25, 0.3) is 0 Å². The van der Waals surface area contributed by atoms with Crippen LogP contribution >= 0.6 is 12.2 Å². The number of aromatic nitrogens is 4. The molecule has 0 aliphatic carbocycles. The molecule has 0 spiro atoms. The van der Waals surface area contributed by atoms with Gasteiger partial charge in [0.05, 0.1) is 13.3 Å². The molecule has 4 aromatic rings. The summed E-state index contributed by atoms with van der Waals surface area (Å²) in [6.07, 6.45) is 3.64. The summed E-state index contributed by atoms with van der Waals surface area (Å²) in [4.78, 5) is 3.24. The molecule has 0 amide bonds. The van der Waals surface area contributed by atoms with E-state index in [1.807, 2.05) is 54.7 Å². The second-order valence-corrected chi connectivity index (χ2v) is 5.82. The molecule has 2 heterocycles. The molecule has 0 saturated carbocycles. The van der Waals surface area contributed by atoms with Crippen molar-refractivity contribution in [2.45, 2.75) is 0 Å². The molecule has 0 fully saturated rings. The van der Waals surface area contributed by atoms with Crippen LogP contribution in [0.1, 0.15) is 5.56 Å². The highest BCUT2D eigenvalue weighted by atomic mass is 32.1. The zero-order valence-corrected chi connectivity index (χ0v) is 14.2. The Bertz CT molecular complexity index is 1120. The molecule has 124 valence electrons. The van der Waals surface area contributed by atoms with Gasteiger partial charge in [-0.25, -0.2) is 5.10 Å². The number of rotatable bonds is 4. The Morgan fingerprint density at radius 1 is 1.20 bits per heavy atom. The van der Waals surface area contributed by atoms with Crippen molar-refractivity contribution in [2.75, 3.05) is 7.11 Å². The van der Waals surface area contributed by atoms with E-state index in [0.29, 0.717) is 10.6 Å². The third-order valence-electron chi connectivity index (χ3n) is 3.90. The zero-order chi connectivity index (χ0) is 17.2. The summed E-state index contributed by atoms with van der Waals surface area (Å²) in [5, 5.41) is 12.7. The van der Waals surface area contributed by atoms with Gasteiger partial charge in [0, 0.05) is 22.7 Å². The maximum absolute atomic E-state index is 5.33. The molecule has 0 unspecified atom stereocenters. The minimum absolute atomic E-state index is 0.430. The number of para-hydroxylation sites is 1. The molecule has 0 bridgehead atoms. The lowest BCUT2D eigenvalue weighted by Gasteiger charge is -2.01. The normalized spacial score (nSPS) is 11.4. The van der Waals surface area contributed by atoms with E-state index >= 15 is 0 Å². The Morgan fingerprint density at radius 2 is 2.08 bits per heavy atom. The standard InChI is InChI=1S/C18H15N5OS/c1-24-13-6-4-5-12(9-13)10-20-23-17(21-22-18(23)25)15-11-19-16-8-3-2-7-14(15)16/h2-11,19H,1H3,(H,22,25)/b20-10+. The molecule has 6 nitrogen and oxygen atoms in total. The average Bonchev–Trinajstić information content (AvgIpc) is 3.23.